The summed E-state index contributed by atoms with van der Waals surface area (Å²) in [5, 5.41) is 7.51. The fraction of sp³-hybridized carbons (Fsp3) is 0.273. The standard InChI is InChI=1S/C22H21N3O4/c1-12(26)13-3-2-4-14(7-13)15-5-6-16-9-18(10-17(16)8-15)23-20(27)11-19-21(28)25-22(29)24-19/h2-8,18-19H,9-11H2,1H3,(H,23,27)(H2,24,25,28,29). The number of carbonyl (C=O) groups excluding carboxylic acids is 4. The average molecular weight is 391 g/mol. The van der Waals surface area contributed by atoms with E-state index in [9.17, 15) is 19.2 Å². The van der Waals surface area contributed by atoms with Crippen LogP contribution >= 0.6 is 0 Å². The molecule has 1 fully saturated rings. The first-order valence-electron chi connectivity index (χ1n) is 9.53. The molecule has 2 aromatic rings. The van der Waals surface area contributed by atoms with Crippen molar-refractivity contribution in [3.05, 3.63) is 59.2 Å². The molecule has 148 valence electrons. The van der Waals surface area contributed by atoms with Crippen LogP contribution in [-0.2, 0) is 22.4 Å². The van der Waals surface area contributed by atoms with Crippen molar-refractivity contribution in [3.8, 4) is 11.1 Å². The van der Waals surface area contributed by atoms with Crippen LogP contribution in [0.4, 0.5) is 4.79 Å². The summed E-state index contributed by atoms with van der Waals surface area (Å²) in [6.45, 7) is 1.55. The monoisotopic (exact) mass is 391 g/mol. The molecule has 1 saturated heterocycles. The van der Waals surface area contributed by atoms with Gasteiger partial charge in [0, 0.05) is 11.6 Å². The maximum Gasteiger partial charge on any atom is 0.322 e. The van der Waals surface area contributed by atoms with Crippen LogP contribution in [0.3, 0.4) is 0 Å². The minimum atomic E-state index is -0.813. The molecule has 4 rings (SSSR count). The lowest BCUT2D eigenvalue weighted by Gasteiger charge is -2.13. The molecule has 2 atom stereocenters. The molecule has 0 bridgehead atoms. The Morgan fingerprint density at radius 3 is 2.52 bits per heavy atom. The van der Waals surface area contributed by atoms with Crippen LogP contribution in [0.15, 0.2) is 42.5 Å². The molecule has 4 amide bonds. The number of benzene rings is 2. The van der Waals surface area contributed by atoms with Crippen molar-refractivity contribution in [2.75, 3.05) is 0 Å². The van der Waals surface area contributed by atoms with E-state index in [0.29, 0.717) is 12.0 Å². The number of nitrogens with one attached hydrogen (secondary N) is 3. The zero-order valence-corrected chi connectivity index (χ0v) is 16.0. The molecule has 2 aromatic carbocycles. The Balaban J connectivity index is 1.42. The van der Waals surface area contributed by atoms with Gasteiger partial charge in [0.1, 0.15) is 6.04 Å². The molecule has 1 heterocycles. The second kappa shape index (κ2) is 7.50. The van der Waals surface area contributed by atoms with Crippen molar-refractivity contribution < 1.29 is 19.2 Å². The summed E-state index contributed by atoms with van der Waals surface area (Å²) in [7, 11) is 0. The highest BCUT2D eigenvalue weighted by molar-refractivity contribution is 6.05. The number of carbonyl (C=O) groups is 4. The summed E-state index contributed by atoms with van der Waals surface area (Å²) < 4.78 is 0. The number of amides is 4. The van der Waals surface area contributed by atoms with Crippen molar-refractivity contribution >= 4 is 23.6 Å². The molecule has 7 nitrogen and oxygen atoms in total. The van der Waals surface area contributed by atoms with Gasteiger partial charge in [-0.1, -0.05) is 36.4 Å². The van der Waals surface area contributed by atoms with Crippen LogP contribution in [0.25, 0.3) is 11.1 Å². The minimum absolute atomic E-state index is 0.0305. The smallest absolute Gasteiger partial charge is 0.322 e. The Hall–Kier alpha value is -3.48. The van der Waals surface area contributed by atoms with Gasteiger partial charge in [-0.2, -0.15) is 0 Å². The van der Waals surface area contributed by atoms with Gasteiger partial charge in [-0.05, 0) is 48.1 Å². The number of rotatable bonds is 5. The highest BCUT2D eigenvalue weighted by atomic mass is 16.2. The average Bonchev–Trinajstić information content (AvgIpc) is 3.22. The highest BCUT2D eigenvalue weighted by Crippen LogP contribution is 2.29. The summed E-state index contributed by atoms with van der Waals surface area (Å²) in [5.74, 6) is -0.709. The largest absolute Gasteiger partial charge is 0.353 e. The summed E-state index contributed by atoms with van der Waals surface area (Å²) >= 11 is 0. The second-order valence-corrected chi connectivity index (χ2v) is 7.51. The van der Waals surface area contributed by atoms with Gasteiger partial charge >= 0.3 is 6.03 Å². The molecule has 0 saturated carbocycles. The van der Waals surface area contributed by atoms with E-state index in [1.807, 2.05) is 24.3 Å². The maximum absolute atomic E-state index is 12.3. The summed E-state index contributed by atoms with van der Waals surface area (Å²) in [6, 6.07) is 12.3. The first kappa shape index (κ1) is 18.9. The Labute approximate surface area is 167 Å². The molecule has 2 unspecified atom stereocenters. The van der Waals surface area contributed by atoms with E-state index in [1.165, 1.54) is 5.56 Å². The van der Waals surface area contributed by atoms with E-state index in [1.54, 1.807) is 13.0 Å². The quantitative estimate of drug-likeness (QED) is 0.533. The molecule has 7 heteroatoms. The first-order valence-corrected chi connectivity index (χ1v) is 9.53. The number of hydrogen-bond donors (Lipinski definition) is 3. The lowest BCUT2D eigenvalue weighted by Crippen LogP contribution is -2.40. The maximum atomic E-state index is 12.3. The third-order valence-corrected chi connectivity index (χ3v) is 5.35. The molecule has 29 heavy (non-hydrogen) atoms. The van der Waals surface area contributed by atoms with E-state index < -0.39 is 18.0 Å². The molecule has 0 spiro atoms. The van der Waals surface area contributed by atoms with E-state index >= 15 is 0 Å². The van der Waals surface area contributed by atoms with Crippen LogP contribution in [-0.4, -0.2) is 35.7 Å². The van der Waals surface area contributed by atoms with E-state index in [4.69, 9.17) is 0 Å². The Kier molecular flexibility index (Phi) is 4.88. The van der Waals surface area contributed by atoms with Gasteiger partial charge in [-0.15, -0.1) is 0 Å². The van der Waals surface area contributed by atoms with Gasteiger partial charge in [0.2, 0.25) is 5.91 Å². The highest BCUT2D eigenvalue weighted by Gasteiger charge is 2.32. The number of ketones is 1. The zero-order valence-electron chi connectivity index (χ0n) is 16.0. The molecule has 2 aliphatic rings. The van der Waals surface area contributed by atoms with Gasteiger partial charge < -0.3 is 10.6 Å². The van der Waals surface area contributed by atoms with Crippen molar-refractivity contribution in [1.29, 1.82) is 0 Å². The Morgan fingerprint density at radius 1 is 1.03 bits per heavy atom. The van der Waals surface area contributed by atoms with Crippen molar-refractivity contribution in [2.45, 2.75) is 38.3 Å². The van der Waals surface area contributed by atoms with Crippen LogP contribution in [0.5, 0.6) is 0 Å². The number of fused-ring (bicyclic) bond motifs is 1. The molecule has 0 radical (unpaired) electrons. The minimum Gasteiger partial charge on any atom is -0.353 e. The predicted molar refractivity (Wildman–Crippen MR) is 106 cm³/mol. The number of Topliss-reactive ketones (excluding diaryl/α,β-unsaturated/α-hetero) is 1. The molecular formula is C22H21N3O4. The number of hydrogen-bond acceptors (Lipinski definition) is 4. The Morgan fingerprint density at radius 2 is 1.79 bits per heavy atom. The van der Waals surface area contributed by atoms with Gasteiger partial charge in [0.05, 0.1) is 6.42 Å². The fourth-order valence-corrected chi connectivity index (χ4v) is 3.89. The number of urea groups is 1. The van der Waals surface area contributed by atoms with Crippen LogP contribution in [0.1, 0.15) is 34.8 Å². The van der Waals surface area contributed by atoms with Crippen LogP contribution in [0, 0.1) is 0 Å². The zero-order chi connectivity index (χ0) is 20.5. The molecule has 1 aliphatic carbocycles. The fourth-order valence-electron chi connectivity index (χ4n) is 3.89. The molecule has 3 N–H and O–H groups in total. The van der Waals surface area contributed by atoms with Gasteiger partial charge in [0.25, 0.3) is 5.91 Å². The third-order valence-electron chi connectivity index (χ3n) is 5.35. The van der Waals surface area contributed by atoms with Crippen LogP contribution in [0.2, 0.25) is 0 Å². The first-order chi connectivity index (χ1) is 13.9. The SMILES string of the molecule is CC(=O)c1cccc(-c2ccc3c(c2)CC(NC(=O)CC2NC(=O)NC2=O)C3)c1. The summed E-state index contributed by atoms with van der Waals surface area (Å²) in [6.07, 6.45) is 1.34. The van der Waals surface area contributed by atoms with Gasteiger partial charge in [-0.3, -0.25) is 19.7 Å². The second-order valence-electron chi connectivity index (χ2n) is 7.51. The van der Waals surface area contributed by atoms with Crippen molar-refractivity contribution in [3.63, 3.8) is 0 Å². The van der Waals surface area contributed by atoms with Crippen molar-refractivity contribution in [2.24, 2.45) is 0 Å². The molecule has 1 aliphatic heterocycles. The topological polar surface area (TPSA) is 104 Å². The third kappa shape index (κ3) is 4.03. The summed E-state index contributed by atoms with van der Waals surface area (Å²) in [5.41, 5.74) is 5.03. The molecule has 0 aromatic heterocycles. The van der Waals surface area contributed by atoms with E-state index in [0.717, 1.165) is 23.1 Å². The van der Waals surface area contributed by atoms with E-state index in [2.05, 4.69) is 28.1 Å². The lowest BCUT2D eigenvalue weighted by atomic mass is 9.98. The lowest BCUT2D eigenvalue weighted by molar-refractivity contribution is -0.126. The van der Waals surface area contributed by atoms with Crippen LogP contribution < -0.4 is 16.0 Å². The van der Waals surface area contributed by atoms with E-state index in [-0.39, 0.29) is 24.2 Å². The number of imide groups is 1. The van der Waals surface area contributed by atoms with Gasteiger partial charge in [-0.25, -0.2) is 4.79 Å². The molecular weight excluding hydrogens is 370 g/mol. The summed E-state index contributed by atoms with van der Waals surface area (Å²) in [4.78, 5) is 46.6. The van der Waals surface area contributed by atoms with Gasteiger partial charge in [0.15, 0.2) is 5.78 Å². The van der Waals surface area contributed by atoms with Crippen molar-refractivity contribution in [1.82, 2.24) is 16.0 Å². The predicted octanol–water partition coefficient (Wildman–Crippen LogP) is 1.74. The normalized spacial score (nSPS) is 20.0. The Bertz CT molecular complexity index is 1030.